The van der Waals surface area contributed by atoms with Gasteiger partial charge in [-0.05, 0) is 25.1 Å². The molecule has 0 aliphatic carbocycles. The molecule has 0 fully saturated rings. The van der Waals surface area contributed by atoms with Gasteiger partial charge in [0.25, 0.3) is 0 Å². The number of benzene rings is 1. The van der Waals surface area contributed by atoms with Gasteiger partial charge in [-0.15, -0.1) is 6.58 Å². The molecule has 0 spiro atoms. The van der Waals surface area contributed by atoms with E-state index in [2.05, 4.69) is 22.5 Å². The van der Waals surface area contributed by atoms with E-state index >= 15 is 0 Å². The summed E-state index contributed by atoms with van der Waals surface area (Å²) < 4.78 is 14.4. The molecule has 0 heterocycles. The smallest absolute Gasteiger partial charge is 0.320 e. The molecule has 1 unspecified atom stereocenters. The summed E-state index contributed by atoms with van der Waals surface area (Å²) in [4.78, 5) is 12.6. The summed E-state index contributed by atoms with van der Waals surface area (Å²) in [6.45, 7) is 5.77. The Morgan fingerprint density at radius 3 is 2.89 bits per heavy atom. The molecule has 0 saturated carbocycles. The zero-order chi connectivity index (χ0) is 13.7. The summed E-state index contributed by atoms with van der Waals surface area (Å²) >= 11 is 3.27. The molecule has 0 saturated heterocycles. The summed E-state index contributed by atoms with van der Waals surface area (Å²) in [5.41, 5.74) is 0.458. The van der Waals surface area contributed by atoms with Gasteiger partial charge in [0.15, 0.2) is 0 Å². The fourth-order valence-corrected chi connectivity index (χ4v) is 1.97. The third-order valence-electron chi connectivity index (χ3n) is 2.65. The molecule has 0 aliphatic heterocycles. The van der Waals surface area contributed by atoms with Crippen LogP contribution in [0.2, 0.25) is 0 Å². The van der Waals surface area contributed by atoms with Crippen LogP contribution in [0.15, 0.2) is 35.3 Å². The van der Waals surface area contributed by atoms with Gasteiger partial charge in [0, 0.05) is 23.1 Å². The molecule has 3 nitrogen and oxygen atoms in total. The number of rotatable bonds is 6. The summed E-state index contributed by atoms with van der Waals surface area (Å²) in [7, 11) is 0. The lowest BCUT2D eigenvalue weighted by atomic mass is 10.1. The van der Waals surface area contributed by atoms with Crippen LogP contribution in [0.4, 0.5) is 4.39 Å². The number of hydrogen-bond acceptors (Lipinski definition) is 2. The Hall–Kier alpha value is -1.20. The highest BCUT2D eigenvalue weighted by Gasteiger charge is 2.20. The van der Waals surface area contributed by atoms with Crippen molar-refractivity contribution in [3.8, 4) is 0 Å². The molecule has 0 amide bonds. The van der Waals surface area contributed by atoms with E-state index in [-0.39, 0.29) is 12.4 Å². The molecule has 18 heavy (non-hydrogen) atoms. The van der Waals surface area contributed by atoms with Crippen LogP contribution in [-0.4, -0.2) is 28.6 Å². The average molecular weight is 316 g/mol. The van der Waals surface area contributed by atoms with Gasteiger partial charge in [0.2, 0.25) is 0 Å². The maximum Gasteiger partial charge on any atom is 0.320 e. The first kappa shape index (κ1) is 14.9. The molecule has 1 aromatic rings. The molecular formula is C13H15BrFNO2. The zero-order valence-electron chi connectivity index (χ0n) is 10.1. The Bertz CT molecular complexity index is 451. The van der Waals surface area contributed by atoms with Gasteiger partial charge in [-0.25, -0.2) is 4.39 Å². The number of carboxylic acids is 1. The lowest BCUT2D eigenvalue weighted by Crippen LogP contribution is -2.38. The van der Waals surface area contributed by atoms with Gasteiger partial charge in [-0.1, -0.05) is 22.0 Å². The fourth-order valence-electron chi connectivity index (χ4n) is 1.56. The second-order valence-electron chi connectivity index (χ2n) is 3.97. The minimum atomic E-state index is -0.938. The van der Waals surface area contributed by atoms with E-state index in [4.69, 9.17) is 5.11 Å². The number of carboxylic acid groups (broad SMARTS) is 1. The van der Waals surface area contributed by atoms with Crippen LogP contribution in [0.25, 0.3) is 0 Å². The van der Waals surface area contributed by atoms with Crippen molar-refractivity contribution in [2.45, 2.75) is 19.5 Å². The molecule has 1 aromatic carbocycles. The third-order valence-corrected chi connectivity index (χ3v) is 3.14. The van der Waals surface area contributed by atoms with Gasteiger partial charge in [0.1, 0.15) is 11.9 Å². The normalized spacial score (nSPS) is 12.4. The van der Waals surface area contributed by atoms with Crippen LogP contribution in [0, 0.1) is 5.82 Å². The monoisotopic (exact) mass is 315 g/mol. The molecular weight excluding hydrogens is 301 g/mol. The lowest BCUT2D eigenvalue weighted by molar-refractivity contribution is -0.142. The fraction of sp³-hybridized carbons (Fsp3) is 0.308. The number of carbonyl (C=O) groups is 1. The largest absolute Gasteiger partial charge is 0.480 e. The van der Waals surface area contributed by atoms with Crippen LogP contribution in [0.5, 0.6) is 0 Å². The third kappa shape index (κ3) is 3.92. The van der Waals surface area contributed by atoms with Gasteiger partial charge >= 0.3 is 5.97 Å². The number of hydrogen-bond donors (Lipinski definition) is 1. The first-order chi connectivity index (χ1) is 8.45. The van der Waals surface area contributed by atoms with Crippen molar-refractivity contribution in [3.63, 3.8) is 0 Å². The SMILES string of the molecule is C=CCN(Cc1cc(Br)ccc1F)C(C)C(=O)O. The van der Waals surface area contributed by atoms with E-state index in [9.17, 15) is 9.18 Å². The second-order valence-corrected chi connectivity index (χ2v) is 4.88. The Balaban J connectivity index is 2.92. The van der Waals surface area contributed by atoms with E-state index in [1.165, 1.54) is 6.07 Å². The van der Waals surface area contributed by atoms with Crippen LogP contribution in [0.3, 0.4) is 0 Å². The maximum absolute atomic E-state index is 13.6. The van der Waals surface area contributed by atoms with Crippen molar-refractivity contribution in [2.24, 2.45) is 0 Å². The molecule has 0 bridgehead atoms. The maximum atomic E-state index is 13.6. The molecule has 0 aliphatic rings. The highest BCUT2D eigenvalue weighted by Crippen LogP contribution is 2.18. The van der Waals surface area contributed by atoms with E-state index in [0.29, 0.717) is 12.1 Å². The van der Waals surface area contributed by atoms with Gasteiger partial charge in [0.05, 0.1) is 0 Å². The zero-order valence-corrected chi connectivity index (χ0v) is 11.7. The Kier molecular flexibility index (Phi) is 5.50. The predicted octanol–water partition coefficient (Wildman–Crippen LogP) is 3.05. The Labute approximate surface area is 114 Å². The van der Waals surface area contributed by atoms with E-state index < -0.39 is 12.0 Å². The first-order valence-electron chi connectivity index (χ1n) is 5.47. The molecule has 1 N–H and O–H groups in total. The summed E-state index contributed by atoms with van der Waals surface area (Å²) in [5, 5.41) is 9.00. The molecule has 1 rings (SSSR count). The first-order valence-corrected chi connectivity index (χ1v) is 6.26. The summed E-state index contributed by atoms with van der Waals surface area (Å²) in [6, 6.07) is 3.93. The predicted molar refractivity (Wildman–Crippen MR) is 71.8 cm³/mol. The molecule has 5 heteroatoms. The Morgan fingerprint density at radius 1 is 1.67 bits per heavy atom. The van der Waals surface area contributed by atoms with Crippen LogP contribution < -0.4 is 0 Å². The highest BCUT2D eigenvalue weighted by atomic mass is 79.9. The lowest BCUT2D eigenvalue weighted by Gasteiger charge is -2.25. The van der Waals surface area contributed by atoms with Crippen LogP contribution >= 0.6 is 15.9 Å². The van der Waals surface area contributed by atoms with Gasteiger partial charge in [-0.3, -0.25) is 9.69 Å². The molecule has 0 radical (unpaired) electrons. The minimum Gasteiger partial charge on any atom is -0.480 e. The van der Waals surface area contributed by atoms with E-state index in [1.807, 2.05) is 0 Å². The molecule has 1 atom stereocenters. The minimum absolute atomic E-state index is 0.227. The number of halogens is 2. The second kappa shape index (κ2) is 6.66. The number of nitrogens with zero attached hydrogens (tertiary/aromatic N) is 1. The topological polar surface area (TPSA) is 40.5 Å². The van der Waals surface area contributed by atoms with Crippen molar-refractivity contribution < 1.29 is 14.3 Å². The molecule has 0 aromatic heterocycles. The quantitative estimate of drug-likeness (QED) is 0.820. The van der Waals surface area contributed by atoms with Crippen molar-refractivity contribution in [3.05, 3.63) is 46.7 Å². The highest BCUT2D eigenvalue weighted by molar-refractivity contribution is 9.10. The number of aliphatic carboxylic acids is 1. The summed E-state index contributed by atoms with van der Waals surface area (Å²) in [5.74, 6) is -1.28. The van der Waals surface area contributed by atoms with Crippen LogP contribution in [-0.2, 0) is 11.3 Å². The molecule has 98 valence electrons. The van der Waals surface area contributed by atoms with Crippen molar-refractivity contribution in [1.29, 1.82) is 0 Å². The average Bonchev–Trinajstić information content (AvgIpc) is 2.32. The van der Waals surface area contributed by atoms with Crippen molar-refractivity contribution in [1.82, 2.24) is 4.90 Å². The van der Waals surface area contributed by atoms with Gasteiger partial charge in [-0.2, -0.15) is 0 Å². The van der Waals surface area contributed by atoms with Crippen molar-refractivity contribution >= 4 is 21.9 Å². The summed E-state index contributed by atoms with van der Waals surface area (Å²) in [6.07, 6.45) is 1.61. The van der Waals surface area contributed by atoms with E-state index in [0.717, 1.165) is 4.47 Å². The Morgan fingerprint density at radius 2 is 2.33 bits per heavy atom. The standard InChI is InChI=1S/C13H15BrFNO2/c1-3-6-16(9(2)13(17)18)8-10-7-11(14)4-5-12(10)15/h3-5,7,9H,1,6,8H2,2H3,(H,17,18). The van der Waals surface area contributed by atoms with Crippen LogP contribution in [0.1, 0.15) is 12.5 Å². The van der Waals surface area contributed by atoms with Gasteiger partial charge < -0.3 is 5.11 Å². The van der Waals surface area contributed by atoms with Crippen molar-refractivity contribution in [2.75, 3.05) is 6.54 Å². The van der Waals surface area contributed by atoms with E-state index in [1.54, 1.807) is 30.0 Å².